The molecule has 0 aliphatic rings. The monoisotopic (exact) mass is 489 g/mol. The zero-order chi connectivity index (χ0) is 25.5. The number of pyridine rings is 3. The van der Waals surface area contributed by atoms with Crippen LogP contribution in [-0.2, 0) is 0 Å². The second-order valence-corrected chi connectivity index (χ2v) is 9.71. The third-order valence-corrected chi connectivity index (χ3v) is 6.24. The average Bonchev–Trinajstić information content (AvgIpc) is 3.60. The number of fused-ring (bicyclic) bond motifs is 2. The number of H-pyrrole nitrogens is 2. The zero-order valence-electron chi connectivity index (χ0n) is 20.9. The Morgan fingerprint density at radius 2 is 1.84 bits per heavy atom. The molecule has 0 unspecified atom stereocenters. The van der Waals surface area contributed by atoms with Gasteiger partial charge >= 0.3 is 0 Å². The van der Waals surface area contributed by atoms with Crippen LogP contribution in [-0.4, -0.2) is 39.7 Å². The average molecular weight is 490 g/mol. The van der Waals surface area contributed by atoms with Crippen LogP contribution in [0.5, 0.6) is 0 Å². The molecule has 6 aromatic rings. The summed E-state index contributed by atoms with van der Waals surface area (Å²) in [4.78, 5) is 21.3. The standard InChI is InChI=1S/C28H27N9/c1-16(2)5-17(3)33-21-6-19(9-29-11-21)20-7-23-27(35-36-28(23)31-10-20)24-8-22-25(34-24)12-30-13-26(22)37-14-18(4)32-15-37/h6-16,33-34H,3,5H2,1-2,4H3,(H,31,35,36). The van der Waals surface area contributed by atoms with Gasteiger partial charge < -0.3 is 14.9 Å². The lowest BCUT2D eigenvalue weighted by molar-refractivity contribution is 0.645. The quantitative estimate of drug-likeness (QED) is 0.252. The van der Waals surface area contributed by atoms with E-state index in [1.54, 1.807) is 6.33 Å². The Bertz CT molecular complexity index is 1750. The first kappa shape index (κ1) is 22.7. The SMILES string of the molecule is C=C(CC(C)C)Nc1cncc(-c2cnc3n[nH]c(-c4cc5c(-n6cnc(C)c6)cncc5[nH]4)c3c2)c1. The number of nitrogens with one attached hydrogen (secondary N) is 3. The third kappa shape index (κ3) is 4.35. The van der Waals surface area contributed by atoms with Gasteiger partial charge in [-0.15, -0.1) is 0 Å². The molecule has 9 heteroatoms. The largest absolute Gasteiger partial charge is 0.358 e. The van der Waals surface area contributed by atoms with Gasteiger partial charge in [0, 0.05) is 46.2 Å². The highest BCUT2D eigenvalue weighted by atomic mass is 15.2. The summed E-state index contributed by atoms with van der Waals surface area (Å²) in [6.07, 6.45) is 13.8. The van der Waals surface area contributed by atoms with Gasteiger partial charge in [0.05, 0.1) is 58.9 Å². The van der Waals surface area contributed by atoms with Gasteiger partial charge in [-0.05, 0) is 37.5 Å². The van der Waals surface area contributed by atoms with Crippen molar-refractivity contribution in [2.24, 2.45) is 5.92 Å². The van der Waals surface area contributed by atoms with E-state index in [1.807, 2.05) is 48.7 Å². The van der Waals surface area contributed by atoms with Gasteiger partial charge in [0.1, 0.15) is 0 Å². The molecular weight excluding hydrogens is 462 g/mol. The predicted molar refractivity (Wildman–Crippen MR) is 146 cm³/mol. The summed E-state index contributed by atoms with van der Waals surface area (Å²) >= 11 is 0. The van der Waals surface area contributed by atoms with E-state index in [0.29, 0.717) is 11.6 Å². The van der Waals surface area contributed by atoms with Gasteiger partial charge in [-0.1, -0.05) is 20.4 Å². The molecule has 0 atom stereocenters. The van der Waals surface area contributed by atoms with Crippen LogP contribution < -0.4 is 5.32 Å². The maximum atomic E-state index is 4.61. The number of rotatable bonds is 7. The molecule has 0 bridgehead atoms. The molecule has 0 spiro atoms. The Hall–Kier alpha value is -4.79. The summed E-state index contributed by atoms with van der Waals surface area (Å²) in [6, 6.07) is 6.26. The second-order valence-electron chi connectivity index (χ2n) is 9.71. The van der Waals surface area contributed by atoms with E-state index in [1.165, 1.54) is 0 Å². The first-order valence-electron chi connectivity index (χ1n) is 12.2. The van der Waals surface area contributed by atoms with Gasteiger partial charge in [-0.3, -0.25) is 15.1 Å². The molecule has 0 aliphatic carbocycles. The van der Waals surface area contributed by atoms with Crippen molar-refractivity contribution in [2.75, 3.05) is 5.32 Å². The normalized spacial score (nSPS) is 11.6. The molecule has 37 heavy (non-hydrogen) atoms. The molecule has 6 heterocycles. The second kappa shape index (κ2) is 9.02. The van der Waals surface area contributed by atoms with Crippen molar-refractivity contribution >= 4 is 27.6 Å². The van der Waals surface area contributed by atoms with Gasteiger partial charge in [0.25, 0.3) is 0 Å². The fourth-order valence-corrected chi connectivity index (χ4v) is 4.61. The fourth-order valence-electron chi connectivity index (χ4n) is 4.61. The van der Waals surface area contributed by atoms with E-state index < -0.39 is 0 Å². The molecule has 0 aliphatic heterocycles. The Morgan fingerprint density at radius 1 is 1.00 bits per heavy atom. The number of nitrogens with zero attached hydrogens (tertiary/aromatic N) is 6. The van der Waals surface area contributed by atoms with Crippen LogP contribution in [0.1, 0.15) is 26.0 Å². The molecule has 0 saturated carbocycles. The van der Waals surface area contributed by atoms with Crippen LogP contribution in [0.4, 0.5) is 5.69 Å². The number of aryl methyl sites for hydroxylation is 1. The van der Waals surface area contributed by atoms with Crippen LogP contribution >= 0.6 is 0 Å². The van der Waals surface area contributed by atoms with E-state index in [0.717, 1.165) is 68.0 Å². The van der Waals surface area contributed by atoms with Crippen LogP contribution in [0.3, 0.4) is 0 Å². The lowest BCUT2D eigenvalue weighted by Gasteiger charge is -2.12. The Balaban J connectivity index is 1.38. The molecule has 0 saturated heterocycles. The molecule has 6 aromatic heterocycles. The van der Waals surface area contributed by atoms with Crippen molar-refractivity contribution in [3.05, 3.63) is 79.7 Å². The summed E-state index contributed by atoms with van der Waals surface area (Å²) in [6.45, 7) is 10.5. The number of hydrogen-bond donors (Lipinski definition) is 3. The van der Waals surface area contributed by atoms with Crippen molar-refractivity contribution < 1.29 is 0 Å². The molecule has 3 N–H and O–H groups in total. The Morgan fingerprint density at radius 3 is 2.65 bits per heavy atom. The summed E-state index contributed by atoms with van der Waals surface area (Å²) in [5.74, 6) is 0.530. The van der Waals surface area contributed by atoms with E-state index in [2.05, 4.69) is 79.1 Å². The zero-order valence-corrected chi connectivity index (χ0v) is 20.9. The number of aromatic nitrogens is 8. The minimum absolute atomic E-state index is 0.530. The van der Waals surface area contributed by atoms with Crippen molar-refractivity contribution in [3.8, 4) is 28.2 Å². The van der Waals surface area contributed by atoms with E-state index in [9.17, 15) is 0 Å². The van der Waals surface area contributed by atoms with Crippen LogP contribution in [0.15, 0.2) is 74.0 Å². The van der Waals surface area contributed by atoms with Gasteiger partial charge in [0.2, 0.25) is 0 Å². The number of anilines is 1. The smallest absolute Gasteiger partial charge is 0.181 e. The van der Waals surface area contributed by atoms with Crippen molar-refractivity contribution in [3.63, 3.8) is 0 Å². The van der Waals surface area contributed by atoms with Crippen molar-refractivity contribution in [1.82, 2.24) is 39.7 Å². The molecule has 0 radical (unpaired) electrons. The molecule has 184 valence electrons. The van der Waals surface area contributed by atoms with Crippen LogP contribution in [0, 0.1) is 12.8 Å². The number of aromatic amines is 2. The van der Waals surface area contributed by atoms with E-state index >= 15 is 0 Å². The topological polar surface area (TPSA) is 113 Å². The van der Waals surface area contributed by atoms with Crippen LogP contribution in [0.2, 0.25) is 0 Å². The number of allylic oxidation sites excluding steroid dienone is 1. The summed E-state index contributed by atoms with van der Waals surface area (Å²) in [5, 5.41) is 12.9. The first-order chi connectivity index (χ1) is 17.9. The van der Waals surface area contributed by atoms with E-state index in [-0.39, 0.29) is 0 Å². The fraction of sp³-hybridized carbons (Fsp3) is 0.179. The van der Waals surface area contributed by atoms with Gasteiger partial charge in [0.15, 0.2) is 5.65 Å². The summed E-state index contributed by atoms with van der Waals surface area (Å²) in [5.41, 5.74) is 9.03. The number of hydrogen-bond acceptors (Lipinski definition) is 6. The predicted octanol–water partition coefficient (Wildman–Crippen LogP) is 6.03. The molecular formula is C28H27N9. The molecule has 6 rings (SSSR count). The maximum Gasteiger partial charge on any atom is 0.181 e. The minimum Gasteiger partial charge on any atom is -0.358 e. The Kier molecular flexibility index (Phi) is 5.52. The molecule has 0 aromatic carbocycles. The highest BCUT2D eigenvalue weighted by molar-refractivity contribution is 5.97. The lowest BCUT2D eigenvalue weighted by atomic mass is 10.1. The summed E-state index contributed by atoms with van der Waals surface area (Å²) in [7, 11) is 0. The van der Waals surface area contributed by atoms with Crippen molar-refractivity contribution in [2.45, 2.75) is 27.2 Å². The maximum absolute atomic E-state index is 4.61. The molecule has 0 fully saturated rings. The third-order valence-electron chi connectivity index (χ3n) is 6.24. The van der Waals surface area contributed by atoms with Crippen LogP contribution in [0.25, 0.3) is 50.1 Å². The summed E-state index contributed by atoms with van der Waals surface area (Å²) < 4.78 is 1.98. The van der Waals surface area contributed by atoms with Crippen molar-refractivity contribution in [1.29, 1.82) is 0 Å². The van der Waals surface area contributed by atoms with Gasteiger partial charge in [-0.25, -0.2) is 9.97 Å². The van der Waals surface area contributed by atoms with Gasteiger partial charge in [-0.2, -0.15) is 5.10 Å². The lowest BCUT2D eigenvalue weighted by Crippen LogP contribution is -2.02. The Labute approximate surface area is 213 Å². The highest BCUT2D eigenvalue weighted by Crippen LogP contribution is 2.32. The van der Waals surface area contributed by atoms with E-state index in [4.69, 9.17) is 0 Å². The first-order valence-corrected chi connectivity index (χ1v) is 12.2. The molecule has 9 nitrogen and oxygen atoms in total. The molecule has 0 amide bonds. The minimum atomic E-state index is 0.530. The highest BCUT2D eigenvalue weighted by Gasteiger charge is 2.15. The number of imidazole rings is 1.